The molecule has 1 N–H and O–H groups in total. The summed E-state index contributed by atoms with van der Waals surface area (Å²) in [6.45, 7) is 3.82. The second-order valence-electron chi connectivity index (χ2n) is 6.80. The zero-order valence-corrected chi connectivity index (χ0v) is 16.4. The molecule has 1 atom stereocenters. The summed E-state index contributed by atoms with van der Waals surface area (Å²) in [5.41, 5.74) is 1.35. The Morgan fingerprint density at radius 2 is 2.18 bits per heavy atom. The molecule has 1 saturated heterocycles. The fourth-order valence-electron chi connectivity index (χ4n) is 3.40. The molecular formula is C20H22N4O3S. The van der Waals surface area contributed by atoms with Gasteiger partial charge in [0.05, 0.1) is 37.5 Å². The number of carbonyl (C=O) groups excluding carboxylic acids is 2. The molecular weight excluding hydrogens is 376 g/mol. The number of rotatable bonds is 5. The Hall–Kier alpha value is -2.71. The summed E-state index contributed by atoms with van der Waals surface area (Å²) in [5.74, 6) is -0.221. The third kappa shape index (κ3) is 3.93. The molecule has 0 radical (unpaired) electrons. The molecule has 4 heterocycles. The van der Waals surface area contributed by atoms with Crippen molar-refractivity contribution in [2.45, 2.75) is 25.9 Å². The summed E-state index contributed by atoms with van der Waals surface area (Å²) in [4.78, 5) is 29.7. The third-order valence-corrected chi connectivity index (χ3v) is 5.81. The Balaban J connectivity index is 1.44. The van der Waals surface area contributed by atoms with Gasteiger partial charge in [0.1, 0.15) is 5.69 Å². The first kappa shape index (κ1) is 18.6. The van der Waals surface area contributed by atoms with E-state index in [0.29, 0.717) is 32.0 Å². The number of fused-ring (bicyclic) bond motifs is 1. The van der Waals surface area contributed by atoms with Gasteiger partial charge in [0.2, 0.25) is 5.91 Å². The summed E-state index contributed by atoms with van der Waals surface area (Å²) < 4.78 is 7.18. The van der Waals surface area contributed by atoms with E-state index in [-0.39, 0.29) is 24.3 Å². The smallest absolute Gasteiger partial charge is 0.272 e. The van der Waals surface area contributed by atoms with Gasteiger partial charge in [0, 0.05) is 22.7 Å². The molecule has 0 spiro atoms. The summed E-state index contributed by atoms with van der Waals surface area (Å²) in [5, 5.41) is 7.19. The van der Waals surface area contributed by atoms with E-state index in [1.54, 1.807) is 33.0 Å². The maximum Gasteiger partial charge on any atom is 0.272 e. The van der Waals surface area contributed by atoms with Gasteiger partial charge in [0.25, 0.3) is 5.91 Å². The van der Waals surface area contributed by atoms with Crippen molar-refractivity contribution in [3.63, 3.8) is 0 Å². The minimum absolute atomic E-state index is 0.0864. The average molecular weight is 398 g/mol. The molecule has 7 nitrogen and oxygen atoms in total. The van der Waals surface area contributed by atoms with Crippen molar-refractivity contribution in [2.75, 3.05) is 19.8 Å². The topological polar surface area (TPSA) is 75.9 Å². The lowest BCUT2D eigenvalue weighted by atomic mass is 10.1. The lowest BCUT2D eigenvalue weighted by molar-refractivity contribution is -0.123. The van der Waals surface area contributed by atoms with Gasteiger partial charge < -0.3 is 15.0 Å². The van der Waals surface area contributed by atoms with Crippen LogP contribution in [-0.2, 0) is 16.1 Å². The van der Waals surface area contributed by atoms with Crippen LogP contribution in [0.25, 0.3) is 5.52 Å². The number of nitrogens with one attached hydrogen (secondary N) is 1. The van der Waals surface area contributed by atoms with Crippen molar-refractivity contribution < 1.29 is 14.3 Å². The van der Waals surface area contributed by atoms with Gasteiger partial charge in [-0.15, -0.1) is 11.3 Å². The van der Waals surface area contributed by atoms with E-state index >= 15 is 0 Å². The highest BCUT2D eigenvalue weighted by Gasteiger charge is 2.31. The molecule has 0 bridgehead atoms. The van der Waals surface area contributed by atoms with Crippen LogP contribution in [0.1, 0.15) is 26.7 Å². The van der Waals surface area contributed by atoms with Crippen LogP contribution in [0.3, 0.4) is 0 Å². The van der Waals surface area contributed by atoms with Gasteiger partial charge in [-0.2, -0.15) is 5.10 Å². The summed E-state index contributed by atoms with van der Waals surface area (Å²) in [6, 6.07) is 11.1. The van der Waals surface area contributed by atoms with Crippen LogP contribution < -0.4 is 5.32 Å². The van der Waals surface area contributed by atoms with E-state index in [2.05, 4.69) is 10.4 Å². The molecule has 146 valence electrons. The minimum Gasteiger partial charge on any atom is -0.377 e. The molecule has 3 aromatic rings. The highest BCUT2D eigenvalue weighted by atomic mass is 32.1. The summed E-state index contributed by atoms with van der Waals surface area (Å²) in [6.07, 6.45) is 1.88. The number of thiophene rings is 1. The van der Waals surface area contributed by atoms with E-state index in [4.69, 9.17) is 4.74 Å². The molecule has 4 rings (SSSR count). The standard InChI is InChI=1S/C20H22N4O3S/c1-14-5-6-17(28-14)12-21-19(25)11-16-13-27-10-9-23(16)20(26)18-4-2-3-15-7-8-22-24(15)18/h2-8,16H,9-13H2,1H3,(H,21,25)/t16-/m0/s1. The lowest BCUT2D eigenvalue weighted by Crippen LogP contribution is -2.50. The zero-order chi connectivity index (χ0) is 19.5. The van der Waals surface area contributed by atoms with Gasteiger partial charge in [-0.25, -0.2) is 4.52 Å². The number of pyridine rings is 1. The fraction of sp³-hybridized carbons (Fsp3) is 0.350. The maximum atomic E-state index is 13.2. The maximum absolute atomic E-state index is 13.2. The summed E-state index contributed by atoms with van der Waals surface area (Å²) >= 11 is 1.67. The molecule has 0 aromatic carbocycles. The molecule has 1 fully saturated rings. The Labute approximate surface area is 166 Å². The van der Waals surface area contributed by atoms with Gasteiger partial charge in [-0.1, -0.05) is 6.07 Å². The molecule has 0 aliphatic carbocycles. The molecule has 28 heavy (non-hydrogen) atoms. The van der Waals surface area contributed by atoms with Crippen LogP contribution in [0.15, 0.2) is 42.6 Å². The molecule has 0 unspecified atom stereocenters. The van der Waals surface area contributed by atoms with Crippen LogP contribution in [0.4, 0.5) is 0 Å². The van der Waals surface area contributed by atoms with Gasteiger partial charge in [-0.3, -0.25) is 9.59 Å². The number of ether oxygens (including phenoxy) is 1. The van der Waals surface area contributed by atoms with Crippen molar-refractivity contribution in [3.05, 3.63) is 58.0 Å². The Kier molecular flexibility index (Phi) is 5.40. The number of hydrogen-bond donors (Lipinski definition) is 1. The van der Waals surface area contributed by atoms with E-state index in [9.17, 15) is 9.59 Å². The fourth-order valence-corrected chi connectivity index (χ4v) is 4.23. The second-order valence-corrected chi connectivity index (χ2v) is 8.17. The Morgan fingerprint density at radius 3 is 3.00 bits per heavy atom. The van der Waals surface area contributed by atoms with E-state index in [1.807, 2.05) is 37.3 Å². The highest BCUT2D eigenvalue weighted by molar-refractivity contribution is 7.11. The predicted molar refractivity (Wildman–Crippen MR) is 106 cm³/mol. The van der Waals surface area contributed by atoms with E-state index in [0.717, 1.165) is 10.4 Å². The van der Waals surface area contributed by atoms with Gasteiger partial charge >= 0.3 is 0 Å². The number of nitrogens with zero attached hydrogens (tertiary/aromatic N) is 3. The molecule has 0 saturated carbocycles. The van der Waals surface area contributed by atoms with Crippen LogP contribution in [0.5, 0.6) is 0 Å². The molecule has 8 heteroatoms. The quantitative estimate of drug-likeness (QED) is 0.715. The van der Waals surface area contributed by atoms with Crippen molar-refractivity contribution in [3.8, 4) is 0 Å². The van der Waals surface area contributed by atoms with Crippen molar-refractivity contribution >= 4 is 28.7 Å². The number of amides is 2. The second kappa shape index (κ2) is 8.12. The van der Waals surface area contributed by atoms with E-state index in [1.165, 1.54) is 4.88 Å². The SMILES string of the molecule is Cc1ccc(CNC(=O)C[C@H]2COCCN2C(=O)c2cccc3ccnn23)s1. The Morgan fingerprint density at radius 1 is 1.29 bits per heavy atom. The normalized spacial score (nSPS) is 17.0. The van der Waals surface area contributed by atoms with Crippen molar-refractivity contribution in [2.24, 2.45) is 0 Å². The Bertz CT molecular complexity index is 996. The third-order valence-electron chi connectivity index (χ3n) is 4.81. The number of morpholine rings is 1. The first-order chi connectivity index (χ1) is 13.6. The van der Waals surface area contributed by atoms with Crippen LogP contribution in [0, 0.1) is 6.92 Å². The average Bonchev–Trinajstić information content (AvgIpc) is 3.34. The number of hydrogen-bond acceptors (Lipinski definition) is 5. The van der Waals surface area contributed by atoms with Crippen molar-refractivity contribution in [1.29, 1.82) is 0 Å². The minimum atomic E-state index is -0.294. The predicted octanol–water partition coefficient (Wildman–Crippen LogP) is 2.25. The first-order valence-electron chi connectivity index (χ1n) is 9.25. The molecule has 2 amide bonds. The van der Waals surface area contributed by atoms with Crippen LogP contribution in [-0.4, -0.2) is 52.1 Å². The zero-order valence-electron chi connectivity index (χ0n) is 15.6. The molecule has 3 aromatic heterocycles. The lowest BCUT2D eigenvalue weighted by Gasteiger charge is -2.35. The summed E-state index contributed by atoms with van der Waals surface area (Å²) in [7, 11) is 0. The monoisotopic (exact) mass is 398 g/mol. The first-order valence-corrected chi connectivity index (χ1v) is 10.1. The highest BCUT2D eigenvalue weighted by Crippen LogP contribution is 2.17. The number of carbonyl (C=O) groups is 2. The van der Waals surface area contributed by atoms with Crippen molar-refractivity contribution in [1.82, 2.24) is 19.8 Å². The van der Waals surface area contributed by atoms with Gasteiger partial charge in [0.15, 0.2) is 0 Å². The van der Waals surface area contributed by atoms with E-state index < -0.39 is 0 Å². The molecule has 1 aliphatic heterocycles. The molecule has 1 aliphatic rings. The van der Waals surface area contributed by atoms with Gasteiger partial charge in [-0.05, 0) is 37.3 Å². The largest absolute Gasteiger partial charge is 0.377 e. The van der Waals surface area contributed by atoms with Crippen LogP contribution in [0.2, 0.25) is 0 Å². The number of aryl methyl sites for hydroxylation is 1. The number of aromatic nitrogens is 2. The van der Waals surface area contributed by atoms with Crippen LogP contribution >= 0.6 is 11.3 Å².